The van der Waals surface area contributed by atoms with E-state index in [1.807, 2.05) is 18.0 Å². The highest BCUT2D eigenvalue weighted by atomic mass is 35.5. The fourth-order valence-corrected chi connectivity index (χ4v) is 1.82. The van der Waals surface area contributed by atoms with Gasteiger partial charge in [-0.2, -0.15) is 0 Å². The first-order valence-corrected chi connectivity index (χ1v) is 5.50. The van der Waals surface area contributed by atoms with Crippen LogP contribution in [0.15, 0.2) is 42.5 Å². The van der Waals surface area contributed by atoms with Crippen molar-refractivity contribution in [1.82, 2.24) is 0 Å². The van der Waals surface area contributed by atoms with E-state index in [2.05, 4.69) is 0 Å². The molecule has 2 N–H and O–H groups in total. The molecule has 2 rings (SSSR count). The van der Waals surface area contributed by atoms with Crippen molar-refractivity contribution < 1.29 is 4.39 Å². The Morgan fingerprint density at radius 2 is 1.76 bits per heavy atom. The molecule has 0 aliphatic rings. The third-order valence-corrected chi connectivity index (χ3v) is 2.80. The number of hydrogen-bond acceptors (Lipinski definition) is 2. The molecule has 0 saturated heterocycles. The van der Waals surface area contributed by atoms with Crippen LogP contribution in [0.2, 0.25) is 5.02 Å². The quantitative estimate of drug-likeness (QED) is 0.821. The average molecular weight is 251 g/mol. The minimum Gasteiger partial charge on any atom is -0.397 e. The van der Waals surface area contributed by atoms with Gasteiger partial charge in [-0.1, -0.05) is 11.6 Å². The van der Waals surface area contributed by atoms with Crippen LogP contribution in [-0.2, 0) is 0 Å². The summed E-state index contributed by atoms with van der Waals surface area (Å²) >= 11 is 5.84. The second-order valence-electron chi connectivity index (χ2n) is 3.74. The number of halogens is 2. The lowest BCUT2D eigenvalue weighted by Crippen LogP contribution is -2.11. The van der Waals surface area contributed by atoms with E-state index in [-0.39, 0.29) is 5.82 Å². The summed E-state index contributed by atoms with van der Waals surface area (Å²) < 4.78 is 12.8. The molecular formula is C13H12ClFN2. The van der Waals surface area contributed by atoms with Crippen molar-refractivity contribution in [3.8, 4) is 0 Å². The molecule has 0 spiro atoms. The van der Waals surface area contributed by atoms with Gasteiger partial charge < -0.3 is 10.6 Å². The maximum atomic E-state index is 12.8. The Morgan fingerprint density at radius 3 is 2.35 bits per heavy atom. The van der Waals surface area contributed by atoms with E-state index in [1.165, 1.54) is 12.1 Å². The molecule has 0 atom stereocenters. The van der Waals surface area contributed by atoms with E-state index >= 15 is 0 Å². The zero-order valence-corrected chi connectivity index (χ0v) is 10.1. The van der Waals surface area contributed by atoms with Crippen molar-refractivity contribution in [2.75, 3.05) is 17.7 Å². The SMILES string of the molecule is CN(c1ccc(F)cc1)c1ccc(Cl)cc1N. The van der Waals surface area contributed by atoms with Crippen LogP contribution in [-0.4, -0.2) is 7.05 Å². The summed E-state index contributed by atoms with van der Waals surface area (Å²) in [6, 6.07) is 11.5. The minimum absolute atomic E-state index is 0.258. The van der Waals surface area contributed by atoms with E-state index in [1.54, 1.807) is 24.3 Å². The van der Waals surface area contributed by atoms with Crippen molar-refractivity contribution in [1.29, 1.82) is 0 Å². The van der Waals surface area contributed by atoms with E-state index in [9.17, 15) is 4.39 Å². The first kappa shape index (κ1) is 11.7. The lowest BCUT2D eigenvalue weighted by atomic mass is 10.2. The standard InChI is InChI=1S/C13H12ClFN2/c1-17(11-5-3-10(15)4-6-11)13-7-2-9(14)8-12(13)16/h2-8H,16H2,1H3. The predicted molar refractivity (Wildman–Crippen MR) is 70.3 cm³/mol. The molecule has 0 unspecified atom stereocenters. The first-order chi connectivity index (χ1) is 8.08. The summed E-state index contributed by atoms with van der Waals surface area (Å²) in [6.07, 6.45) is 0. The molecule has 0 amide bonds. The van der Waals surface area contributed by atoms with Crippen LogP contribution < -0.4 is 10.6 Å². The van der Waals surface area contributed by atoms with Gasteiger partial charge in [0, 0.05) is 17.8 Å². The number of hydrogen-bond donors (Lipinski definition) is 1. The smallest absolute Gasteiger partial charge is 0.123 e. The van der Waals surface area contributed by atoms with Gasteiger partial charge >= 0.3 is 0 Å². The number of nitrogens with two attached hydrogens (primary N) is 1. The Kier molecular flexibility index (Phi) is 3.20. The van der Waals surface area contributed by atoms with E-state index in [0.29, 0.717) is 10.7 Å². The topological polar surface area (TPSA) is 29.3 Å². The van der Waals surface area contributed by atoms with Gasteiger partial charge in [-0.05, 0) is 42.5 Å². The summed E-state index contributed by atoms with van der Waals surface area (Å²) in [4.78, 5) is 1.88. The largest absolute Gasteiger partial charge is 0.397 e. The number of nitrogen functional groups attached to an aromatic ring is 1. The van der Waals surface area contributed by atoms with Crippen LogP contribution in [0.25, 0.3) is 0 Å². The summed E-state index contributed by atoms with van der Waals surface area (Å²) in [6.45, 7) is 0. The van der Waals surface area contributed by atoms with Crippen molar-refractivity contribution >= 4 is 28.7 Å². The van der Waals surface area contributed by atoms with Gasteiger partial charge in [0.05, 0.1) is 11.4 Å². The minimum atomic E-state index is -0.258. The van der Waals surface area contributed by atoms with Crippen molar-refractivity contribution in [3.63, 3.8) is 0 Å². The summed E-state index contributed by atoms with van der Waals surface area (Å²) in [7, 11) is 1.87. The second kappa shape index (κ2) is 4.63. The van der Waals surface area contributed by atoms with Crippen LogP contribution in [0, 0.1) is 5.82 Å². The summed E-state index contributed by atoms with van der Waals surface area (Å²) in [5.41, 5.74) is 8.17. The molecule has 88 valence electrons. The number of benzene rings is 2. The highest BCUT2D eigenvalue weighted by Crippen LogP contribution is 2.30. The van der Waals surface area contributed by atoms with Gasteiger partial charge in [0.25, 0.3) is 0 Å². The van der Waals surface area contributed by atoms with Crippen molar-refractivity contribution in [2.45, 2.75) is 0 Å². The molecule has 0 aromatic heterocycles. The van der Waals surface area contributed by atoms with Gasteiger partial charge in [-0.3, -0.25) is 0 Å². The summed E-state index contributed by atoms with van der Waals surface area (Å²) in [5, 5.41) is 0.596. The fraction of sp³-hybridized carbons (Fsp3) is 0.0769. The van der Waals surface area contributed by atoms with Crippen LogP contribution in [0.1, 0.15) is 0 Å². The Balaban J connectivity index is 2.36. The van der Waals surface area contributed by atoms with E-state index < -0.39 is 0 Å². The van der Waals surface area contributed by atoms with Crippen molar-refractivity contribution in [3.05, 3.63) is 53.3 Å². The van der Waals surface area contributed by atoms with E-state index in [0.717, 1.165) is 11.4 Å². The molecule has 2 aromatic carbocycles. The first-order valence-electron chi connectivity index (χ1n) is 5.12. The molecule has 17 heavy (non-hydrogen) atoms. The van der Waals surface area contributed by atoms with Crippen LogP contribution in [0.4, 0.5) is 21.5 Å². The third-order valence-electron chi connectivity index (χ3n) is 2.56. The van der Waals surface area contributed by atoms with Crippen LogP contribution in [0.3, 0.4) is 0 Å². The fourth-order valence-electron chi connectivity index (χ4n) is 1.63. The van der Waals surface area contributed by atoms with Crippen molar-refractivity contribution in [2.24, 2.45) is 0 Å². The molecule has 4 heteroatoms. The second-order valence-corrected chi connectivity index (χ2v) is 4.18. The van der Waals surface area contributed by atoms with Gasteiger partial charge in [-0.15, -0.1) is 0 Å². The molecule has 2 nitrogen and oxygen atoms in total. The molecule has 0 heterocycles. The molecular weight excluding hydrogens is 239 g/mol. The summed E-state index contributed by atoms with van der Waals surface area (Å²) in [5.74, 6) is -0.258. The molecule has 0 fully saturated rings. The van der Waals surface area contributed by atoms with Gasteiger partial charge in [0.15, 0.2) is 0 Å². The Bertz CT molecular complexity index is 525. The predicted octanol–water partition coefficient (Wildman–Crippen LogP) is 3.83. The monoisotopic (exact) mass is 250 g/mol. The molecule has 0 bridgehead atoms. The maximum Gasteiger partial charge on any atom is 0.123 e. The normalized spacial score (nSPS) is 10.3. The van der Waals surface area contributed by atoms with Gasteiger partial charge in [-0.25, -0.2) is 4.39 Å². The molecule has 0 radical (unpaired) electrons. The average Bonchev–Trinajstić information content (AvgIpc) is 2.29. The van der Waals surface area contributed by atoms with Crippen LogP contribution in [0.5, 0.6) is 0 Å². The van der Waals surface area contributed by atoms with Gasteiger partial charge in [0.2, 0.25) is 0 Å². The Labute approximate surface area is 104 Å². The molecule has 0 saturated carbocycles. The Hall–Kier alpha value is -1.74. The zero-order chi connectivity index (χ0) is 12.4. The van der Waals surface area contributed by atoms with Gasteiger partial charge in [0.1, 0.15) is 5.82 Å². The number of rotatable bonds is 2. The maximum absolute atomic E-state index is 12.8. The highest BCUT2D eigenvalue weighted by Gasteiger charge is 2.07. The van der Waals surface area contributed by atoms with E-state index in [4.69, 9.17) is 17.3 Å². The zero-order valence-electron chi connectivity index (χ0n) is 9.32. The third kappa shape index (κ3) is 2.50. The molecule has 0 aliphatic heterocycles. The Morgan fingerprint density at radius 1 is 1.12 bits per heavy atom. The molecule has 0 aliphatic carbocycles. The lowest BCUT2D eigenvalue weighted by Gasteiger charge is -2.21. The number of anilines is 3. The van der Waals surface area contributed by atoms with Crippen LogP contribution >= 0.6 is 11.6 Å². The highest BCUT2D eigenvalue weighted by molar-refractivity contribution is 6.31. The molecule has 2 aromatic rings. The lowest BCUT2D eigenvalue weighted by molar-refractivity contribution is 0.628. The number of nitrogens with zero attached hydrogens (tertiary/aromatic N) is 1.